The minimum absolute atomic E-state index is 0.0106. The lowest BCUT2D eigenvalue weighted by Crippen LogP contribution is -2.43. The number of ether oxygens (including phenoxy) is 1. The van der Waals surface area contributed by atoms with Gasteiger partial charge in [0.25, 0.3) is 5.91 Å². The van der Waals surface area contributed by atoms with Crippen LogP contribution in [0.5, 0.6) is 0 Å². The lowest BCUT2D eigenvalue weighted by Gasteiger charge is -2.26. The van der Waals surface area contributed by atoms with Crippen molar-refractivity contribution in [3.8, 4) is 11.1 Å². The third kappa shape index (κ3) is 4.98. The van der Waals surface area contributed by atoms with Crippen LogP contribution >= 0.6 is 0 Å². The number of benzene rings is 1. The number of aromatic nitrogens is 3. The zero-order valence-corrected chi connectivity index (χ0v) is 21.9. The maximum Gasteiger partial charge on any atom is 0.322 e. The molecule has 1 aromatic carbocycles. The summed E-state index contributed by atoms with van der Waals surface area (Å²) in [5, 5.41) is 12.6. The number of aromatic amines is 1. The van der Waals surface area contributed by atoms with Crippen LogP contribution in [0.4, 0.5) is 16.3 Å². The number of likely N-dealkylation sites (tertiary alicyclic amines) is 1. The number of anilines is 2. The van der Waals surface area contributed by atoms with Crippen molar-refractivity contribution in [2.75, 3.05) is 50.4 Å². The molecule has 11 nitrogen and oxygen atoms in total. The minimum atomic E-state index is -0.207. The second-order valence-corrected chi connectivity index (χ2v) is 9.97. The summed E-state index contributed by atoms with van der Waals surface area (Å²) < 4.78 is 5.32. The Hall–Kier alpha value is -4.77. The smallest absolute Gasteiger partial charge is 0.322 e. The van der Waals surface area contributed by atoms with E-state index in [4.69, 9.17) is 15.9 Å². The van der Waals surface area contributed by atoms with Crippen molar-refractivity contribution in [2.24, 2.45) is 0 Å². The number of hydrogen-bond donors (Lipinski definition) is 4. The molecule has 3 aromatic heterocycles. The van der Waals surface area contributed by atoms with E-state index in [0.29, 0.717) is 54.4 Å². The first kappa shape index (κ1) is 25.5. The first-order valence-electron chi connectivity index (χ1n) is 13.3. The fourth-order valence-electron chi connectivity index (χ4n) is 5.18. The molecule has 2 aliphatic heterocycles. The Morgan fingerprint density at radius 2 is 1.73 bits per heavy atom. The van der Waals surface area contributed by atoms with E-state index < -0.39 is 0 Å². The highest BCUT2D eigenvalue weighted by Crippen LogP contribution is 2.28. The van der Waals surface area contributed by atoms with Crippen LogP contribution in [-0.4, -0.2) is 81.8 Å². The van der Waals surface area contributed by atoms with Crippen LogP contribution in [0.15, 0.2) is 55.0 Å². The molecule has 0 atom stereocenters. The summed E-state index contributed by atoms with van der Waals surface area (Å²) in [6.07, 6.45) is 6.91. The van der Waals surface area contributed by atoms with Gasteiger partial charge < -0.3 is 30.6 Å². The predicted molar refractivity (Wildman–Crippen MR) is 153 cm³/mol. The van der Waals surface area contributed by atoms with Crippen LogP contribution in [0.3, 0.4) is 0 Å². The number of carbonyl (C=O) groups is 2. The molecule has 5 heterocycles. The normalized spacial score (nSPS) is 15.4. The van der Waals surface area contributed by atoms with Gasteiger partial charge in [-0.15, -0.1) is 0 Å². The van der Waals surface area contributed by atoms with Crippen molar-refractivity contribution < 1.29 is 14.3 Å². The van der Waals surface area contributed by atoms with Gasteiger partial charge in [-0.1, -0.05) is 6.07 Å². The van der Waals surface area contributed by atoms with Gasteiger partial charge >= 0.3 is 6.03 Å². The summed E-state index contributed by atoms with van der Waals surface area (Å²) in [6, 6.07) is 10.8. The van der Waals surface area contributed by atoms with Gasteiger partial charge in [0, 0.05) is 71.7 Å². The molecule has 5 N–H and O–H groups in total. The lowest BCUT2D eigenvalue weighted by atomic mass is 10.0. The van der Waals surface area contributed by atoms with Gasteiger partial charge in [-0.05, 0) is 43.2 Å². The molecular weight excluding hydrogens is 508 g/mol. The van der Waals surface area contributed by atoms with Crippen molar-refractivity contribution in [3.63, 3.8) is 0 Å². The lowest BCUT2D eigenvalue weighted by molar-refractivity contribution is 0.0564. The zero-order chi connectivity index (χ0) is 27.6. The Morgan fingerprint density at radius 3 is 2.52 bits per heavy atom. The SMILES string of the molecule is N=C(c1cc2c(C(=O)N3CCCC3)cccc2[nH]1)c1cc(-c2cncc(NC(=O)N3CCOCC3)c2)cnc1N. The highest BCUT2D eigenvalue weighted by Gasteiger charge is 2.23. The third-order valence-electron chi connectivity index (χ3n) is 7.37. The Labute approximate surface area is 230 Å². The van der Waals surface area contributed by atoms with Crippen molar-refractivity contribution in [1.29, 1.82) is 5.41 Å². The van der Waals surface area contributed by atoms with Gasteiger partial charge in [-0.2, -0.15) is 0 Å². The first-order valence-corrected chi connectivity index (χ1v) is 13.3. The molecule has 2 saturated heterocycles. The molecule has 204 valence electrons. The van der Waals surface area contributed by atoms with Crippen LogP contribution in [0.25, 0.3) is 22.0 Å². The Kier molecular flexibility index (Phi) is 6.87. The average Bonchev–Trinajstić information content (AvgIpc) is 3.68. The maximum absolute atomic E-state index is 13.1. The molecule has 2 aliphatic rings. The van der Waals surface area contributed by atoms with E-state index in [1.54, 1.807) is 29.6 Å². The number of carbonyl (C=O) groups excluding carboxylic acids is 2. The van der Waals surface area contributed by atoms with Crippen molar-refractivity contribution in [1.82, 2.24) is 24.8 Å². The molecule has 40 heavy (non-hydrogen) atoms. The molecule has 0 unspecified atom stereocenters. The fourth-order valence-corrected chi connectivity index (χ4v) is 5.18. The van der Waals surface area contributed by atoms with E-state index >= 15 is 0 Å². The molecule has 0 radical (unpaired) electrons. The number of nitrogens with one attached hydrogen (secondary N) is 3. The van der Waals surface area contributed by atoms with Gasteiger partial charge in [0.1, 0.15) is 5.82 Å². The standard InChI is InChI=1S/C29H30N8O3/c30-26(25-14-22-21(4-3-5-24(22)35-25)28(38)36-6-1-2-7-36)23-13-19(16-33-27(23)31)18-12-20(17-32-15-18)34-29(39)37-8-10-40-11-9-37/h3-5,12-17,30,35H,1-2,6-11H2,(H2,31,33)(H,34,39). The summed E-state index contributed by atoms with van der Waals surface area (Å²) in [4.78, 5) is 41.2. The summed E-state index contributed by atoms with van der Waals surface area (Å²) in [5.41, 5.74) is 10.7. The van der Waals surface area contributed by atoms with Gasteiger partial charge in [0.2, 0.25) is 0 Å². The van der Waals surface area contributed by atoms with Crippen molar-refractivity contribution in [2.45, 2.75) is 12.8 Å². The Balaban J connectivity index is 1.27. The van der Waals surface area contributed by atoms with E-state index in [1.807, 2.05) is 35.2 Å². The van der Waals surface area contributed by atoms with Gasteiger partial charge in [0.05, 0.1) is 36.5 Å². The number of amides is 3. The van der Waals surface area contributed by atoms with Crippen molar-refractivity contribution >= 4 is 40.1 Å². The summed E-state index contributed by atoms with van der Waals surface area (Å²) >= 11 is 0. The van der Waals surface area contributed by atoms with Crippen LogP contribution in [-0.2, 0) is 4.74 Å². The van der Waals surface area contributed by atoms with E-state index in [9.17, 15) is 9.59 Å². The minimum Gasteiger partial charge on any atom is -0.383 e. The topological polar surface area (TPSA) is 153 Å². The number of nitrogens with two attached hydrogens (primary N) is 1. The monoisotopic (exact) mass is 538 g/mol. The van der Waals surface area contributed by atoms with Gasteiger partial charge in [-0.3, -0.25) is 15.2 Å². The average molecular weight is 539 g/mol. The number of hydrogen-bond acceptors (Lipinski definition) is 7. The number of rotatable bonds is 5. The Morgan fingerprint density at radius 1 is 0.950 bits per heavy atom. The second kappa shape index (κ2) is 10.8. The molecule has 0 saturated carbocycles. The number of pyridine rings is 2. The largest absolute Gasteiger partial charge is 0.383 e. The zero-order valence-electron chi connectivity index (χ0n) is 21.9. The first-order chi connectivity index (χ1) is 19.5. The number of H-pyrrole nitrogens is 1. The van der Waals surface area contributed by atoms with Crippen LogP contribution in [0.2, 0.25) is 0 Å². The van der Waals surface area contributed by atoms with E-state index in [1.165, 1.54) is 0 Å². The molecule has 0 spiro atoms. The van der Waals surface area contributed by atoms with Crippen LogP contribution < -0.4 is 11.1 Å². The number of urea groups is 1. The number of nitrogens with zero attached hydrogens (tertiary/aromatic N) is 4. The number of nitrogen functional groups attached to an aromatic ring is 1. The quantitative estimate of drug-likeness (QED) is 0.284. The summed E-state index contributed by atoms with van der Waals surface area (Å²) in [5.74, 6) is 0.224. The molecule has 0 bridgehead atoms. The van der Waals surface area contributed by atoms with Crippen LogP contribution in [0.1, 0.15) is 34.5 Å². The molecular formula is C29H30N8O3. The highest BCUT2D eigenvalue weighted by atomic mass is 16.5. The third-order valence-corrected chi connectivity index (χ3v) is 7.37. The second-order valence-electron chi connectivity index (χ2n) is 9.97. The maximum atomic E-state index is 13.1. The van der Waals surface area contributed by atoms with E-state index in [0.717, 1.165) is 42.4 Å². The molecule has 6 rings (SSSR count). The molecule has 2 fully saturated rings. The molecule has 0 aliphatic carbocycles. The summed E-state index contributed by atoms with van der Waals surface area (Å²) in [6.45, 7) is 3.64. The number of fused-ring (bicyclic) bond motifs is 1. The van der Waals surface area contributed by atoms with Gasteiger partial charge in [-0.25, -0.2) is 9.78 Å². The fraction of sp³-hybridized carbons (Fsp3) is 0.276. The highest BCUT2D eigenvalue weighted by molar-refractivity contribution is 6.16. The van der Waals surface area contributed by atoms with E-state index in [2.05, 4.69) is 20.3 Å². The Bertz CT molecular complexity index is 1600. The number of morpholine rings is 1. The molecule has 4 aromatic rings. The van der Waals surface area contributed by atoms with Crippen molar-refractivity contribution in [3.05, 3.63) is 71.8 Å². The van der Waals surface area contributed by atoms with E-state index in [-0.39, 0.29) is 23.5 Å². The summed E-state index contributed by atoms with van der Waals surface area (Å²) in [7, 11) is 0. The van der Waals surface area contributed by atoms with Crippen LogP contribution in [0, 0.1) is 5.41 Å². The predicted octanol–water partition coefficient (Wildman–Crippen LogP) is 3.72. The molecule has 11 heteroatoms. The van der Waals surface area contributed by atoms with Gasteiger partial charge in [0.15, 0.2) is 0 Å². The molecule has 3 amide bonds.